The summed E-state index contributed by atoms with van der Waals surface area (Å²) in [5, 5.41) is 2.73. The van der Waals surface area contributed by atoms with Crippen molar-refractivity contribution in [2.45, 2.75) is 44.0 Å². The van der Waals surface area contributed by atoms with Crippen LogP contribution in [0, 0.1) is 5.92 Å². The van der Waals surface area contributed by atoms with Gasteiger partial charge in [0.05, 0.1) is 10.8 Å². The second kappa shape index (κ2) is 9.65. The molecule has 2 aliphatic rings. The molecule has 166 valence electrons. The first-order valence-electron chi connectivity index (χ1n) is 10.2. The van der Waals surface area contributed by atoms with E-state index in [2.05, 4.69) is 5.32 Å². The fourth-order valence-electron chi connectivity index (χ4n) is 3.34. The molecule has 1 N–H and O–H groups in total. The molecule has 0 saturated carbocycles. The van der Waals surface area contributed by atoms with Gasteiger partial charge < -0.3 is 19.5 Å². The van der Waals surface area contributed by atoms with Crippen molar-refractivity contribution >= 4 is 21.9 Å². The van der Waals surface area contributed by atoms with E-state index in [-0.39, 0.29) is 36.5 Å². The summed E-state index contributed by atoms with van der Waals surface area (Å²) in [5.74, 6) is -0.286. The number of carbonyl (C=O) groups excluding carboxylic acids is 2. The number of benzene rings is 1. The van der Waals surface area contributed by atoms with Crippen LogP contribution in [-0.2, 0) is 24.3 Å². The zero-order chi connectivity index (χ0) is 21.7. The van der Waals surface area contributed by atoms with E-state index in [0.717, 1.165) is 6.42 Å². The van der Waals surface area contributed by atoms with Crippen molar-refractivity contribution in [1.82, 2.24) is 9.62 Å². The summed E-state index contributed by atoms with van der Waals surface area (Å²) < 4.78 is 43.3. The first kappa shape index (κ1) is 22.4. The summed E-state index contributed by atoms with van der Waals surface area (Å²) in [5.41, 5.74) is 0. The summed E-state index contributed by atoms with van der Waals surface area (Å²) in [6, 6.07) is 4.58. The highest BCUT2D eigenvalue weighted by Gasteiger charge is 2.33. The lowest BCUT2D eigenvalue weighted by molar-refractivity contribution is -0.153. The van der Waals surface area contributed by atoms with Crippen LogP contribution in [0.1, 0.15) is 33.1 Å². The Morgan fingerprint density at radius 1 is 1.20 bits per heavy atom. The third kappa shape index (κ3) is 5.23. The molecule has 0 spiro atoms. The molecule has 0 aromatic heterocycles. The summed E-state index contributed by atoms with van der Waals surface area (Å²) in [4.78, 5) is 24.1. The molecule has 2 heterocycles. The van der Waals surface area contributed by atoms with Gasteiger partial charge in [0.25, 0.3) is 5.91 Å². The monoisotopic (exact) mass is 440 g/mol. The van der Waals surface area contributed by atoms with Crippen molar-refractivity contribution in [3.8, 4) is 11.5 Å². The van der Waals surface area contributed by atoms with E-state index >= 15 is 0 Å². The van der Waals surface area contributed by atoms with E-state index in [1.807, 2.05) is 13.8 Å². The second-order valence-corrected chi connectivity index (χ2v) is 9.41. The van der Waals surface area contributed by atoms with Gasteiger partial charge in [0.1, 0.15) is 13.2 Å². The molecule has 10 heteroatoms. The normalized spacial score (nSPS) is 18.5. The highest BCUT2D eigenvalue weighted by molar-refractivity contribution is 7.89. The van der Waals surface area contributed by atoms with Crippen LogP contribution in [0.3, 0.4) is 0 Å². The first-order chi connectivity index (χ1) is 14.3. The van der Waals surface area contributed by atoms with Gasteiger partial charge in [-0.2, -0.15) is 4.31 Å². The Bertz CT molecular complexity index is 879. The highest BCUT2D eigenvalue weighted by Crippen LogP contribution is 2.34. The molecule has 2 aliphatic heterocycles. The van der Waals surface area contributed by atoms with Crippen molar-refractivity contribution in [2.24, 2.45) is 5.92 Å². The van der Waals surface area contributed by atoms with Gasteiger partial charge in [-0.1, -0.05) is 6.92 Å². The number of ether oxygens (including phenoxy) is 3. The molecule has 0 radical (unpaired) electrons. The maximum absolute atomic E-state index is 13.0. The number of rotatable bonds is 7. The smallest absolute Gasteiger partial charge is 0.309 e. The lowest BCUT2D eigenvalue weighted by Gasteiger charge is -2.30. The average Bonchev–Trinajstić information content (AvgIpc) is 2.77. The number of nitrogens with zero attached hydrogens (tertiary/aromatic N) is 1. The van der Waals surface area contributed by atoms with E-state index in [9.17, 15) is 18.0 Å². The predicted molar refractivity (Wildman–Crippen MR) is 108 cm³/mol. The minimum Gasteiger partial charge on any atom is -0.486 e. The fraction of sp³-hybridized carbons (Fsp3) is 0.600. The van der Waals surface area contributed by atoms with E-state index in [0.29, 0.717) is 37.6 Å². The number of hydrogen-bond donors (Lipinski definition) is 1. The average molecular weight is 441 g/mol. The quantitative estimate of drug-likeness (QED) is 0.637. The molecule has 0 bridgehead atoms. The molecule has 1 atom stereocenters. The molecule has 1 fully saturated rings. The lowest BCUT2D eigenvalue weighted by atomic mass is 9.98. The highest BCUT2D eigenvalue weighted by atomic mass is 32.2. The maximum atomic E-state index is 13.0. The third-order valence-electron chi connectivity index (χ3n) is 5.30. The van der Waals surface area contributed by atoms with Crippen molar-refractivity contribution in [1.29, 1.82) is 0 Å². The number of nitrogens with one attached hydrogen (secondary N) is 1. The van der Waals surface area contributed by atoms with Gasteiger partial charge in [-0.3, -0.25) is 9.59 Å². The molecule has 3 rings (SSSR count). The lowest BCUT2D eigenvalue weighted by Crippen LogP contribution is -2.41. The molecule has 0 unspecified atom stereocenters. The first-order valence-corrected chi connectivity index (χ1v) is 11.6. The van der Waals surface area contributed by atoms with Crippen LogP contribution in [0.5, 0.6) is 11.5 Å². The van der Waals surface area contributed by atoms with Crippen LogP contribution in [0.4, 0.5) is 0 Å². The Balaban J connectivity index is 1.53. The Labute approximate surface area is 176 Å². The van der Waals surface area contributed by atoms with Crippen molar-refractivity contribution in [3.63, 3.8) is 0 Å². The topological polar surface area (TPSA) is 111 Å². The molecule has 1 saturated heterocycles. The van der Waals surface area contributed by atoms with Crippen molar-refractivity contribution < 1.29 is 32.2 Å². The third-order valence-corrected chi connectivity index (χ3v) is 7.20. The van der Waals surface area contributed by atoms with Gasteiger partial charge >= 0.3 is 5.97 Å². The maximum Gasteiger partial charge on any atom is 0.309 e. The molecule has 1 aromatic rings. The largest absolute Gasteiger partial charge is 0.486 e. The Morgan fingerprint density at radius 3 is 2.53 bits per heavy atom. The Kier molecular flexibility index (Phi) is 7.19. The molecular formula is C20H28N2O7S. The molecule has 1 amide bonds. The van der Waals surface area contributed by atoms with E-state index in [1.165, 1.54) is 16.4 Å². The number of fused-ring (bicyclic) bond motifs is 1. The van der Waals surface area contributed by atoms with E-state index in [1.54, 1.807) is 6.07 Å². The summed E-state index contributed by atoms with van der Waals surface area (Å²) in [7, 11) is -3.71. The van der Waals surface area contributed by atoms with Crippen LogP contribution < -0.4 is 14.8 Å². The summed E-state index contributed by atoms with van der Waals surface area (Å²) >= 11 is 0. The number of sulfonamides is 1. The van der Waals surface area contributed by atoms with Crippen LogP contribution in [0.2, 0.25) is 0 Å². The second-order valence-electron chi connectivity index (χ2n) is 7.47. The van der Waals surface area contributed by atoms with Gasteiger partial charge in [-0.25, -0.2) is 8.42 Å². The van der Waals surface area contributed by atoms with Gasteiger partial charge in [0.2, 0.25) is 10.0 Å². The molecular weight excluding hydrogens is 412 g/mol. The van der Waals surface area contributed by atoms with Crippen molar-refractivity contribution in [3.05, 3.63) is 18.2 Å². The number of carbonyl (C=O) groups is 2. The zero-order valence-electron chi connectivity index (χ0n) is 17.3. The van der Waals surface area contributed by atoms with Gasteiger partial charge in [-0.15, -0.1) is 0 Å². The van der Waals surface area contributed by atoms with Gasteiger partial charge in [0.15, 0.2) is 18.1 Å². The Morgan fingerprint density at radius 2 is 1.87 bits per heavy atom. The van der Waals surface area contributed by atoms with Crippen LogP contribution in [-0.4, -0.2) is 63.6 Å². The number of esters is 1. The van der Waals surface area contributed by atoms with Crippen LogP contribution in [0.25, 0.3) is 0 Å². The number of amides is 1. The van der Waals surface area contributed by atoms with Crippen LogP contribution in [0.15, 0.2) is 23.1 Å². The Hall–Kier alpha value is -2.33. The predicted octanol–water partition coefficient (Wildman–Crippen LogP) is 1.32. The minimum atomic E-state index is -3.71. The summed E-state index contributed by atoms with van der Waals surface area (Å²) in [6.45, 7) is 4.72. The zero-order valence-corrected chi connectivity index (χ0v) is 18.1. The SMILES string of the molecule is CC[C@@H](C)NC(=O)COC(=O)C1CCN(S(=O)(=O)c2ccc3c(c2)OCCO3)CC1. The van der Waals surface area contributed by atoms with Gasteiger partial charge in [-0.05, 0) is 38.3 Å². The van der Waals surface area contributed by atoms with E-state index < -0.39 is 21.9 Å². The van der Waals surface area contributed by atoms with Gasteiger partial charge in [0, 0.05) is 25.2 Å². The molecule has 1 aromatic carbocycles. The number of hydrogen-bond acceptors (Lipinski definition) is 7. The number of piperidine rings is 1. The fourth-order valence-corrected chi connectivity index (χ4v) is 4.82. The van der Waals surface area contributed by atoms with E-state index in [4.69, 9.17) is 14.2 Å². The van der Waals surface area contributed by atoms with Crippen molar-refractivity contribution in [2.75, 3.05) is 32.9 Å². The minimum absolute atomic E-state index is 0.0187. The standard InChI is InChI=1S/C20H28N2O7S/c1-3-14(2)21-19(23)13-29-20(24)15-6-8-22(9-7-15)30(25,26)16-4-5-17-18(12-16)28-11-10-27-17/h4-5,12,14-15H,3,6-11,13H2,1-2H3,(H,21,23)/t14-/m1/s1. The molecule has 30 heavy (non-hydrogen) atoms. The molecule has 0 aliphatic carbocycles. The van der Waals surface area contributed by atoms with Crippen LogP contribution >= 0.6 is 0 Å². The molecule has 9 nitrogen and oxygen atoms in total. The summed E-state index contributed by atoms with van der Waals surface area (Å²) in [6.07, 6.45) is 1.47.